The van der Waals surface area contributed by atoms with Gasteiger partial charge >= 0.3 is 0 Å². The van der Waals surface area contributed by atoms with Crippen LogP contribution in [0.4, 0.5) is 0 Å². The number of nitrogens with one attached hydrogen (secondary N) is 3. The molecule has 1 fully saturated rings. The number of aromatic hydroxyl groups is 1. The Morgan fingerprint density at radius 3 is 2.33 bits per heavy atom. The minimum absolute atomic E-state index is 0.128. The number of H-pyrrole nitrogens is 1. The summed E-state index contributed by atoms with van der Waals surface area (Å²) in [5.41, 5.74) is 17.3. The molecule has 0 unspecified atom stereocenters. The van der Waals surface area contributed by atoms with Crippen LogP contribution in [0.1, 0.15) is 40.7 Å². The van der Waals surface area contributed by atoms with Crippen molar-refractivity contribution in [3.63, 3.8) is 0 Å². The van der Waals surface area contributed by atoms with Crippen molar-refractivity contribution in [1.29, 1.82) is 0 Å². The minimum atomic E-state index is -1.08. The van der Waals surface area contributed by atoms with Gasteiger partial charge in [0, 0.05) is 36.5 Å². The highest BCUT2D eigenvalue weighted by molar-refractivity contribution is 5.96. The number of phenolic OH excluding ortho intramolecular Hbond substituents is 1. The number of primary amides is 1. The Labute approximate surface area is 296 Å². The van der Waals surface area contributed by atoms with Gasteiger partial charge in [-0.05, 0) is 89.9 Å². The molecule has 0 radical (unpaired) electrons. The van der Waals surface area contributed by atoms with E-state index in [4.69, 9.17) is 11.5 Å². The zero-order valence-corrected chi connectivity index (χ0v) is 28.8. The maximum absolute atomic E-state index is 14.0. The monoisotopic (exact) mass is 688 g/mol. The molecule has 1 aliphatic heterocycles. The standard InChI is InChI=1S/C40H44N6O5/c1-23-16-29(47)17-24(2)31(23)21-32(41)40(51)46-15-7-12-36(46)39(50)45-35(20-28-22-43-33-11-6-5-10-30(28)33)38(49)44-34(37(42)48)19-25-13-14-26-8-3-4-9-27(26)18-25/h3-6,8-11,13-14,16-18,22,32,34-36,43,47H,7,12,15,19-21,41H2,1-2H3,(H2,42,48)(H,44,49)(H,45,50)/t32-,34-,35-,36-/m0/s1. The second kappa shape index (κ2) is 15.1. The molecule has 1 aliphatic rings. The molecule has 1 aromatic heterocycles. The Morgan fingerprint density at radius 2 is 1.59 bits per heavy atom. The van der Waals surface area contributed by atoms with Crippen LogP contribution in [0, 0.1) is 13.8 Å². The van der Waals surface area contributed by atoms with Gasteiger partial charge in [-0.15, -0.1) is 0 Å². The molecule has 2 heterocycles. The summed E-state index contributed by atoms with van der Waals surface area (Å²) in [6.45, 7) is 4.07. The highest BCUT2D eigenvalue weighted by Crippen LogP contribution is 2.25. The third-order valence-corrected chi connectivity index (χ3v) is 9.91. The maximum atomic E-state index is 14.0. The predicted octanol–water partition coefficient (Wildman–Crippen LogP) is 3.44. The van der Waals surface area contributed by atoms with Gasteiger partial charge in [0.1, 0.15) is 23.9 Å². The summed E-state index contributed by atoms with van der Waals surface area (Å²) in [5.74, 6) is -1.96. The lowest BCUT2D eigenvalue weighted by molar-refractivity contribution is -0.140. The van der Waals surface area contributed by atoms with Gasteiger partial charge in [-0.3, -0.25) is 19.2 Å². The molecule has 0 aliphatic carbocycles. The number of fused-ring (bicyclic) bond motifs is 2. The molecule has 6 rings (SSSR count). The minimum Gasteiger partial charge on any atom is -0.508 e. The topological polar surface area (TPSA) is 184 Å². The molecule has 11 nitrogen and oxygen atoms in total. The van der Waals surface area contributed by atoms with E-state index in [2.05, 4.69) is 15.6 Å². The second-order valence-corrected chi connectivity index (χ2v) is 13.5. The summed E-state index contributed by atoms with van der Waals surface area (Å²) in [6.07, 6.45) is 3.36. The van der Waals surface area contributed by atoms with E-state index in [0.29, 0.717) is 19.4 Å². The van der Waals surface area contributed by atoms with Crippen LogP contribution >= 0.6 is 0 Å². The number of carbonyl (C=O) groups is 4. The number of hydrogen-bond donors (Lipinski definition) is 6. The summed E-state index contributed by atoms with van der Waals surface area (Å²) < 4.78 is 0. The number of phenols is 1. The van der Waals surface area contributed by atoms with Gasteiger partial charge in [-0.1, -0.05) is 60.7 Å². The van der Waals surface area contributed by atoms with Crippen molar-refractivity contribution in [2.45, 2.75) is 70.1 Å². The van der Waals surface area contributed by atoms with Gasteiger partial charge < -0.3 is 37.1 Å². The van der Waals surface area contributed by atoms with Crippen molar-refractivity contribution < 1.29 is 24.3 Å². The number of aromatic amines is 1. The number of nitrogens with two attached hydrogens (primary N) is 2. The van der Waals surface area contributed by atoms with Crippen molar-refractivity contribution in [3.8, 4) is 5.75 Å². The van der Waals surface area contributed by atoms with Crippen LogP contribution < -0.4 is 22.1 Å². The summed E-state index contributed by atoms with van der Waals surface area (Å²) >= 11 is 0. The van der Waals surface area contributed by atoms with Crippen LogP contribution in [0.3, 0.4) is 0 Å². The third-order valence-electron chi connectivity index (χ3n) is 9.91. The van der Waals surface area contributed by atoms with E-state index in [0.717, 1.165) is 49.5 Å². The third kappa shape index (κ3) is 7.89. The van der Waals surface area contributed by atoms with Crippen LogP contribution in [-0.2, 0) is 38.4 Å². The average molecular weight is 689 g/mol. The Morgan fingerprint density at radius 1 is 0.882 bits per heavy atom. The van der Waals surface area contributed by atoms with Gasteiger partial charge in [0.2, 0.25) is 23.6 Å². The van der Waals surface area contributed by atoms with Gasteiger partial charge in [0.05, 0.1) is 6.04 Å². The Bertz CT molecular complexity index is 2080. The fraction of sp³-hybridized carbons (Fsp3) is 0.300. The largest absolute Gasteiger partial charge is 0.508 e. The molecule has 264 valence electrons. The Balaban J connectivity index is 1.21. The number of hydrogen-bond acceptors (Lipinski definition) is 6. The smallest absolute Gasteiger partial charge is 0.243 e. The van der Waals surface area contributed by atoms with Crippen LogP contribution in [0.25, 0.3) is 21.7 Å². The van der Waals surface area contributed by atoms with Crippen molar-refractivity contribution in [3.05, 3.63) is 113 Å². The van der Waals surface area contributed by atoms with Crippen molar-refractivity contribution >= 4 is 45.3 Å². The first kappa shape index (κ1) is 35.2. The van der Waals surface area contributed by atoms with Crippen molar-refractivity contribution in [2.75, 3.05) is 6.54 Å². The molecule has 4 amide bonds. The summed E-state index contributed by atoms with van der Waals surface area (Å²) in [7, 11) is 0. The number of aromatic nitrogens is 1. The zero-order chi connectivity index (χ0) is 36.2. The van der Waals surface area contributed by atoms with Crippen molar-refractivity contribution in [2.24, 2.45) is 11.5 Å². The predicted molar refractivity (Wildman–Crippen MR) is 197 cm³/mol. The fourth-order valence-corrected chi connectivity index (χ4v) is 7.21. The molecule has 51 heavy (non-hydrogen) atoms. The first-order valence-electron chi connectivity index (χ1n) is 17.3. The number of likely N-dealkylation sites (tertiary alicyclic amines) is 1. The highest BCUT2D eigenvalue weighted by Gasteiger charge is 2.38. The number of carbonyl (C=O) groups excluding carboxylic acids is 4. The number of benzene rings is 4. The molecular formula is C40H44N6O5. The SMILES string of the molecule is Cc1cc(O)cc(C)c1C[C@H](N)C(=O)N1CCC[C@H]1C(=O)N[C@@H](Cc1c[nH]c2ccccc12)C(=O)N[C@@H](Cc1ccc2ccccc2c1)C(N)=O. The first-order valence-corrected chi connectivity index (χ1v) is 17.3. The molecule has 4 atom stereocenters. The number of amides is 4. The van der Waals surface area contributed by atoms with Gasteiger partial charge in [0.25, 0.3) is 0 Å². The molecule has 11 heteroatoms. The van der Waals surface area contributed by atoms with Gasteiger partial charge in [0.15, 0.2) is 0 Å². The van der Waals surface area contributed by atoms with E-state index in [-0.39, 0.29) is 30.9 Å². The fourth-order valence-electron chi connectivity index (χ4n) is 7.21. The number of para-hydroxylation sites is 1. The Hall–Kier alpha value is -5.68. The van der Waals surface area contributed by atoms with Gasteiger partial charge in [-0.25, -0.2) is 0 Å². The number of rotatable bonds is 12. The zero-order valence-electron chi connectivity index (χ0n) is 28.8. The van der Waals surface area contributed by atoms with Crippen LogP contribution in [0.5, 0.6) is 5.75 Å². The normalized spacial score (nSPS) is 16.1. The molecular weight excluding hydrogens is 644 g/mol. The summed E-state index contributed by atoms with van der Waals surface area (Å²) in [4.78, 5) is 59.1. The molecule has 1 saturated heterocycles. The lowest BCUT2D eigenvalue weighted by Gasteiger charge is -2.29. The molecule has 8 N–H and O–H groups in total. The lowest BCUT2D eigenvalue weighted by atomic mass is 9.95. The van der Waals surface area contributed by atoms with E-state index < -0.39 is 41.9 Å². The van der Waals surface area contributed by atoms with Crippen molar-refractivity contribution in [1.82, 2.24) is 20.5 Å². The van der Waals surface area contributed by atoms with Crippen LogP contribution in [0.15, 0.2) is 85.1 Å². The molecule has 5 aromatic rings. The van der Waals surface area contributed by atoms with Crippen LogP contribution in [0.2, 0.25) is 0 Å². The highest BCUT2D eigenvalue weighted by atomic mass is 16.3. The van der Waals surface area contributed by atoms with E-state index in [9.17, 15) is 24.3 Å². The summed E-state index contributed by atoms with van der Waals surface area (Å²) in [5, 5.41) is 18.6. The number of aryl methyl sites for hydroxylation is 2. The Kier molecular flexibility index (Phi) is 10.4. The lowest BCUT2D eigenvalue weighted by Crippen LogP contribution is -2.58. The van der Waals surface area contributed by atoms with E-state index in [1.165, 1.54) is 4.90 Å². The van der Waals surface area contributed by atoms with Gasteiger partial charge in [-0.2, -0.15) is 0 Å². The summed E-state index contributed by atoms with van der Waals surface area (Å²) in [6, 6.07) is 20.7. The molecule has 0 saturated carbocycles. The first-order chi connectivity index (χ1) is 24.5. The maximum Gasteiger partial charge on any atom is 0.243 e. The second-order valence-electron chi connectivity index (χ2n) is 13.5. The molecule has 4 aromatic carbocycles. The van der Waals surface area contributed by atoms with E-state index >= 15 is 0 Å². The quantitative estimate of drug-likeness (QED) is 0.117. The van der Waals surface area contributed by atoms with E-state index in [1.54, 1.807) is 18.3 Å². The number of nitrogens with zero attached hydrogens (tertiary/aromatic N) is 1. The van der Waals surface area contributed by atoms with E-state index in [1.807, 2.05) is 80.6 Å². The molecule has 0 bridgehead atoms. The van der Waals surface area contributed by atoms with Crippen LogP contribution in [-0.4, -0.2) is 69.3 Å². The average Bonchev–Trinajstić information content (AvgIpc) is 3.76. The molecule has 0 spiro atoms.